The number of aromatic hydroxyl groups is 1. The molecule has 10 heteroatoms. The molecule has 0 bridgehead atoms. The highest BCUT2D eigenvalue weighted by molar-refractivity contribution is 9.11. The zero-order valence-corrected chi connectivity index (χ0v) is 20.6. The summed E-state index contributed by atoms with van der Waals surface area (Å²) in [6.45, 7) is 0.124. The first-order valence-electron chi connectivity index (χ1n) is 9.90. The molecule has 1 heterocycles. The van der Waals surface area contributed by atoms with Gasteiger partial charge in [-0.2, -0.15) is 5.10 Å². The number of rotatable bonds is 6. The number of benzene rings is 3. The van der Waals surface area contributed by atoms with Gasteiger partial charge in [-0.05, 0) is 85.5 Å². The Labute approximate surface area is 211 Å². The Morgan fingerprint density at radius 1 is 0.941 bits per heavy atom. The van der Waals surface area contributed by atoms with Crippen LogP contribution in [0, 0.1) is 0 Å². The van der Waals surface area contributed by atoms with Gasteiger partial charge in [0.05, 0.1) is 15.2 Å². The van der Waals surface area contributed by atoms with Crippen LogP contribution in [-0.2, 0) is 4.79 Å². The maximum absolute atomic E-state index is 12.9. The van der Waals surface area contributed by atoms with Crippen molar-refractivity contribution in [1.82, 2.24) is 10.7 Å². The highest BCUT2D eigenvalue weighted by atomic mass is 79.9. The molecule has 0 saturated heterocycles. The number of halogens is 2. The molecule has 0 aliphatic carbocycles. The third kappa shape index (κ3) is 5.64. The van der Waals surface area contributed by atoms with Crippen molar-refractivity contribution in [3.8, 4) is 17.2 Å². The molecule has 3 aromatic carbocycles. The predicted molar refractivity (Wildman–Crippen MR) is 134 cm³/mol. The molecule has 0 aromatic heterocycles. The maximum atomic E-state index is 12.9. The number of fused-ring (bicyclic) bond motifs is 1. The van der Waals surface area contributed by atoms with Gasteiger partial charge in [0.25, 0.3) is 11.8 Å². The van der Waals surface area contributed by atoms with Gasteiger partial charge >= 0.3 is 0 Å². The fraction of sp³-hybridized carbons (Fsp3) is 0.0417. The van der Waals surface area contributed by atoms with Crippen LogP contribution in [0.5, 0.6) is 17.2 Å². The van der Waals surface area contributed by atoms with Crippen molar-refractivity contribution in [2.45, 2.75) is 0 Å². The molecule has 0 unspecified atom stereocenters. The van der Waals surface area contributed by atoms with Crippen LogP contribution in [0.2, 0.25) is 0 Å². The molecule has 3 N–H and O–H groups in total. The predicted octanol–water partition coefficient (Wildman–Crippen LogP) is 4.57. The standard InChI is InChI=1S/C24H17Br2N3O5/c25-17-8-15(9-18(26)22(17)30)12-27-29-24(32)19(28-23(31)16-4-2-1-3-5-16)10-14-6-7-20-21(11-14)34-13-33-20/h1-12,30H,13H2,(H,28,31)(H,29,32)/b19-10+,27-12+. The van der Waals surface area contributed by atoms with Crippen molar-refractivity contribution in [3.05, 3.63) is 92.0 Å². The summed E-state index contributed by atoms with van der Waals surface area (Å²) in [5.74, 6) is 0.128. The van der Waals surface area contributed by atoms with E-state index < -0.39 is 11.8 Å². The average Bonchev–Trinajstić information content (AvgIpc) is 3.30. The normalized spacial score (nSPS) is 12.6. The van der Waals surface area contributed by atoms with Crippen LogP contribution in [0.3, 0.4) is 0 Å². The molecule has 34 heavy (non-hydrogen) atoms. The van der Waals surface area contributed by atoms with Crippen molar-refractivity contribution in [2.75, 3.05) is 6.79 Å². The SMILES string of the molecule is O=C(N/N=C/c1cc(Br)c(O)c(Br)c1)/C(=C\c1ccc2c(c1)OCO2)NC(=O)c1ccccc1. The third-order valence-corrected chi connectivity index (χ3v) is 5.86. The van der Waals surface area contributed by atoms with Gasteiger partial charge in [0.1, 0.15) is 11.4 Å². The Morgan fingerprint density at radius 3 is 2.38 bits per heavy atom. The lowest BCUT2D eigenvalue weighted by atomic mass is 10.1. The lowest BCUT2D eigenvalue weighted by molar-refractivity contribution is -0.117. The van der Waals surface area contributed by atoms with E-state index >= 15 is 0 Å². The summed E-state index contributed by atoms with van der Waals surface area (Å²) >= 11 is 6.49. The van der Waals surface area contributed by atoms with E-state index in [0.29, 0.717) is 37.1 Å². The molecule has 0 saturated carbocycles. The van der Waals surface area contributed by atoms with Crippen LogP contribution < -0.4 is 20.2 Å². The molecular weight excluding hydrogens is 570 g/mol. The molecule has 4 rings (SSSR count). The molecule has 0 atom stereocenters. The first kappa shape index (κ1) is 23.5. The van der Waals surface area contributed by atoms with Gasteiger partial charge in [0.15, 0.2) is 11.5 Å². The number of hydrogen-bond acceptors (Lipinski definition) is 6. The van der Waals surface area contributed by atoms with E-state index in [2.05, 4.69) is 47.7 Å². The van der Waals surface area contributed by atoms with Crippen molar-refractivity contribution >= 4 is 56.0 Å². The van der Waals surface area contributed by atoms with E-state index in [9.17, 15) is 14.7 Å². The number of ether oxygens (including phenoxy) is 2. The quantitative estimate of drug-likeness (QED) is 0.223. The Kier molecular flexibility index (Phi) is 7.29. The van der Waals surface area contributed by atoms with Crippen molar-refractivity contribution in [2.24, 2.45) is 5.10 Å². The second-order valence-electron chi connectivity index (χ2n) is 7.02. The average molecular weight is 587 g/mol. The number of phenols is 1. The second-order valence-corrected chi connectivity index (χ2v) is 8.73. The van der Waals surface area contributed by atoms with Gasteiger partial charge in [-0.1, -0.05) is 24.3 Å². The van der Waals surface area contributed by atoms with Crippen molar-refractivity contribution in [1.29, 1.82) is 0 Å². The third-order valence-electron chi connectivity index (χ3n) is 4.66. The zero-order valence-electron chi connectivity index (χ0n) is 17.4. The Morgan fingerprint density at radius 2 is 1.65 bits per heavy atom. The smallest absolute Gasteiger partial charge is 0.287 e. The zero-order chi connectivity index (χ0) is 24.1. The maximum Gasteiger partial charge on any atom is 0.287 e. The van der Waals surface area contributed by atoms with Gasteiger partial charge in [0.2, 0.25) is 6.79 Å². The molecule has 2 amide bonds. The molecule has 8 nitrogen and oxygen atoms in total. The molecule has 172 valence electrons. The molecular formula is C24H17Br2N3O5. The molecule has 1 aliphatic heterocycles. The van der Waals surface area contributed by atoms with E-state index in [1.165, 1.54) is 12.3 Å². The first-order valence-corrected chi connectivity index (χ1v) is 11.5. The van der Waals surface area contributed by atoms with Crippen molar-refractivity contribution < 1.29 is 24.2 Å². The summed E-state index contributed by atoms with van der Waals surface area (Å²) in [6.07, 6.45) is 2.92. The molecule has 0 fully saturated rings. The summed E-state index contributed by atoms with van der Waals surface area (Å²) in [6, 6.07) is 17.0. The fourth-order valence-electron chi connectivity index (χ4n) is 3.00. The number of nitrogens with one attached hydrogen (secondary N) is 2. The number of hydrazone groups is 1. The van der Waals surface area contributed by atoms with E-state index in [0.717, 1.165) is 0 Å². The second kappa shape index (κ2) is 10.5. The van der Waals surface area contributed by atoms with Crippen LogP contribution in [0.1, 0.15) is 21.5 Å². The van der Waals surface area contributed by atoms with E-state index in [-0.39, 0.29) is 18.2 Å². The minimum absolute atomic E-state index is 0.0158. The molecule has 1 aliphatic rings. The van der Waals surface area contributed by atoms with Gasteiger partial charge in [-0.3, -0.25) is 9.59 Å². The van der Waals surface area contributed by atoms with Crippen LogP contribution in [-0.4, -0.2) is 29.9 Å². The molecule has 3 aromatic rings. The number of carbonyl (C=O) groups is 2. The van der Waals surface area contributed by atoms with E-state index in [1.54, 1.807) is 60.7 Å². The highest BCUT2D eigenvalue weighted by Gasteiger charge is 2.17. The monoisotopic (exact) mass is 585 g/mol. The minimum Gasteiger partial charge on any atom is -0.506 e. The fourth-order valence-corrected chi connectivity index (χ4v) is 4.22. The van der Waals surface area contributed by atoms with Crippen LogP contribution in [0.4, 0.5) is 0 Å². The van der Waals surface area contributed by atoms with Gasteiger partial charge < -0.3 is 19.9 Å². The van der Waals surface area contributed by atoms with Crippen LogP contribution in [0.15, 0.2) is 80.4 Å². The summed E-state index contributed by atoms with van der Waals surface area (Å²) in [7, 11) is 0. The largest absolute Gasteiger partial charge is 0.506 e. The van der Waals surface area contributed by atoms with E-state index in [4.69, 9.17) is 9.47 Å². The summed E-state index contributed by atoms with van der Waals surface area (Å²) in [5.41, 5.74) is 4.03. The Bertz CT molecular complexity index is 1290. The lowest BCUT2D eigenvalue weighted by Crippen LogP contribution is -2.32. The summed E-state index contributed by atoms with van der Waals surface area (Å²) < 4.78 is 11.6. The first-order chi connectivity index (χ1) is 16.4. The summed E-state index contributed by atoms with van der Waals surface area (Å²) in [4.78, 5) is 25.6. The van der Waals surface area contributed by atoms with Gasteiger partial charge in [0, 0.05) is 5.56 Å². The van der Waals surface area contributed by atoms with Crippen LogP contribution in [0.25, 0.3) is 6.08 Å². The van der Waals surface area contributed by atoms with E-state index in [1.807, 2.05) is 0 Å². The number of amides is 2. The number of hydrogen-bond donors (Lipinski definition) is 3. The Balaban J connectivity index is 1.56. The number of phenolic OH excluding ortho intramolecular Hbond substituents is 1. The molecule has 0 spiro atoms. The number of carbonyl (C=O) groups excluding carboxylic acids is 2. The molecule has 0 radical (unpaired) electrons. The highest BCUT2D eigenvalue weighted by Crippen LogP contribution is 2.33. The lowest BCUT2D eigenvalue weighted by Gasteiger charge is -2.09. The van der Waals surface area contributed by atoms with Crippen LogP contribution >= 0.6 is 31.9 Å². The Hall–Kier alpha value is -3.63. The number of nitrogens with zero attached hydrogens (tertiary/aromatic N) is 1. The van der Waals surface area contributed by atoms with Gasteiger partial charge in [-0.15, -0.1) is 0 Å². The minimum atomic E-state index is -0.630. The van der Waals surface area contributed by atoms with Crippen molar-refractivity contribution in [3.63, 3.8) is 0 Å². The van der Waals surface area contributed by atoms with Gasteiger partial charge in [-0.25, -0.2) is 5.43 Å². The topological polar surface area (TPSA) is 109 Å². The summed E-state index contributed by atoms with van der Waals surface area (Å²) in [5, 5.41) is 16.4.